The summed E-state index contributed by atoms with van der Waals surface area (Å²) in [6.45, 7) is 8.76. The first-order valence-electron chi connectivity index (χ1n) is 10.6. The highest BCUT2D eigenvalue weighted by atomic mass is 16.2. The van der Waals surface area contributed by atoms with Crippen LogP contribution in [0.5, 0.6) is 0 Å². The zero-order valence-electron chi connectivity index (χ0n) is 18.0. The lowest BCUT2D eigenvalue weighted by molar-refractivity contribution is 0.0606. The highest BCUT2D eigenvalue weighted by Gasteiger charge is 2.32. The second-order valence-corrected chi connectivity index (χ2v) is 8.22. The van der Waals surface area contributed by atoms with Gasteiger partial charge < -0.3 is 4.90 Å². The molecule has 1 amide bonds. The van der Waals surface area contributed by atoms with E-state index in [0.29, 0.717) is 17.9 Å². The number of rotatable bonds is 4. The summed E-state index contributed by atoms with van der Waals surface area (Å²) in [5, 5.41) is 4.36. The Morgan fingerprint density at radius 2 is 1.97 bits per heavy atom. The predicted molar refractivity (Wildman–Crippen MR) is 115 cm³/mol. The van der Waals surface area contributed by atoms with Gasteiger partial charge >= 0.3 is 0 Å². The van der Waals surface area contributed by atoms with Gasteiger partial charge in [0.25, 0.3) is 5.91 Å². The van der Waals surface area contributed by atoms with Gasteiger partial charge in [0, 0.05) is 42.9 Å². The Hall–Kier alpha value is -3.09. The monoisotopic (exact) mass is 404 g/mol. The van der Waals surface area contributed by atoms with Gasteiger partial charge in [0.05, 0.1) is 23.5 Å². The zero-order valence-corrected chi connectivity index (χ0v) is 18.0. The Balaban J connectivity index is 1.75. The van der Waals surface area contributed by atoms with Crippen LogP contribution in [0.25, 0.3) is 11.1 Å². The Labute approximate surface area is 177 Å². The SMILES string of the molecule is Cc1ncc(-c2ccncc2C)c([C@H]2CCCCN2C(=O)c2cnn(C(C)C)c2)n1. The van der Waals surface area contributed by atoms with Crippen LogP contribution in [0.4, 0.5) is 0 Å². The molecule has 0 unspecified atom stereocenters. The van der Waals surface area contributed by atoms with Gasteiger partial charge in [-0.3, -0.25) is 14.5 Å². The highest BCUT2D eigenvalue weighted by molar-refractivity contribution is 5.94. The normalized spacial score (nSPS) is 16.8. The van der Waals surface area contributed by atoms with Crippen molar-refractivity contribution in [3.63, 3.8) is 0 Å². The van der Waals surface area contributed by atoms with Crippen LogP contribution in [0.15, 0.2) is 37.1 Å². The molecule has 7 heteroatoms. The molecule has 3 aromatic heterocycles. The van der Waals surface area contributed by atoms with Crippen molar-refractivity contribution < 1.29 is 4.79 Å². The lowest BCUT2D eigenvalue weighted by Gasteiger charge is -2.36. The average Bonchev–Trinajstić information content (AvgIpc) is 3.24. The first kappa shape index (κ1) is 20.2. The van der Waals surface area contributed by atoms with Crippen molar-refractivity contribution in [1.29, 1.82) is 0 Å². The quantitative estimate of drug-likeness (QED) is 0.648. The van der Waals surface area contributed by atoms with E-state index in [4.69, 9.17) is 4.98 Å². The Morgan fingerprint density at radius 1 is 1.13 bits per heavy atom. The van der Waals surface area contributed by atoms with Gasteiger partial charge in [-0.2, -0.15) is 5.10 Å². The predicted octanol–water partition coefficient (Wildman–Crippen LogP) is 4.30. The van der Waals surface area contributed by atoms with Crippen LogP contribution in [-0.2, 0) is 0 Å². The topological polar surface area (TPSA) is 76.8 Å². The van der Waals surface area contributed by atoms with Gasteiger partial charge in [0.2, 0.25) is 0 Å². The summed E-state index contributed by atoms with van der Waals surface area (Å²) in [5.41, 5.74) is 4.65. The summed E-state index contributed by atoms with van der Waals surface area (Å²) >= 11 is 0. The smallest absolute Gasteiger partial charge is 0.257 e. The molecule has 4 heterocycles. The maximum absolute atomic E-state index is 13.4. The van der Waals surface area contributed by atoms with Crippen molar-refractivity contribution in [3.8, 4) is 11.1 Å². The number of carbonyl (C=O) groups is 1. The van der Waals surface area contributed by atoms with E-state index in [1.807, 2.05) is 48.1 Å². The van der Waals surface area contributed by atoms with Gasteiger partial charge in [-0.05, 0) is 64.2 Å². The largest absolute Gasteiger partial charge is 0.330 e. The molecule has 7 nitrogen and oxygen atoms in total. The van der Waals surface area contributed by atoms with Crippen LogP contribution in [0.2, 0.25) is 0 Å². The van der Waals surface area contributed by atoms with Crippen LogP contribution >= 0.6 is 0 Å². The van der Waals surface area contributed by atoms with E-state index in [-0.39, 0.29) is 18.0 Å². The van der Waals surface area contributed by atoms with Crippen molar-refractivity contribution in [2.45, 2.75) is 59.0 Å². The van der Waals surface area contributed by atoms with E-state index in [0.717, 1.165) is 41.6 Å². The lowest BCUT2D eigenvalue weighted by atomic mass is 9.92. The summed E-state index contributed by atoms with van der Waals surface area (Å²) in [7, 11) is 0. The Kier molecular flexibility index (Phi) is 5.61. The van der Waals surface area contributed by atoms with Crippen LogP contribution in [0.1, 0.15) is 72.6 Å². The summed E-state index contributed by atoms with van der Waals surface area (Å²) in [4.78, 5) is 28.9. The summed E-state index contributed by atoms with van der Waals surface area (Å²) in [6.07, 6.45) is 12.0. The molecule has 0 aromatic carbocycles. The molecule has 0 saturated carbocycles. The minimum atomic E-state index is -0.0853. The fraction of sp³-hybridized carbons (Fsp3) is 0.435. The van der Waals surface area contributed by atoms with E-state index in [2.05, 4.69) is 28.9 Å². The van der Waals surface area contributed by atoms with Gasteiger partial charge in [-0.1, -0.05) is 0 Å². The van der Waals surface area contributed by atoms with Gasteiger partial charge in [0.1, 0.15) is 5.82 Å². The van der Waals surface area contributed by atoms with E-state index < -0.39 is 0 Å². The van der Waals surface area contributed by atoms with Gasteiger partial charge in [0.15, 0.2) is 0 Å². The molecule has 0 spiro atoms. The molecule has 30 heavy (non-hydrogen) atoms. The number of hydrogen-bond donors (Lipinski definition) is 0. The molecule has 0 N–H and O–H groups in total. The molecule has 0 aliphatic carbocycles. The standard InChI is InChI=1S/C23H28N6O/c1-15(2)29-14-18(12-26-29)23(30)28-10-6-5-7-21(28)22-20(13-25-17(4)27-22)19-8-9-24-11-16(19)3/h8-9,11-15,21H,5-7,10H2,1-4H3/t21-/m1/s1. The van der Waals surface area contributed by atoms with Gasteiger partial charge in [-0.15, -0.1) is 0 Å². The van der Waals surface area contributed by atoms with Crippen LogP contribution in [0, 0.1) is 13.8 Å². The number of aryl methyl sites for hydroxylation is 2. The molecular formula is C23H28N6O. The average molecular weight is 405 g/mol. The molecule has 4 rings (SSSR count). The molecule has 1 fully saturated rings. The minimum absolute atomic E-state index is 0.0141. The number of carbonyl (C=O) groups excluding carboxylic acids is 1. The molecular weight excluding hydrogens is 376 g/mol. The summed E-state index contributed by atoms with van der Waals surface area (Å²) in [5.74, 6) is 0.728. The Bertz CT molecular complexity index is 1060. The van der Waals surface area contributed by atoms with E-state index in [9.17, 15) is 4.79 Å². The lowest BCUT2D eigenvalue weighted by Crippen LogP contribution is -2.39. The molecule has 0 bridgehead atoms. The first-order chi connectivity index (χ1) is 14.5. The molecule has 156 valence electrons. The number of nitrogens with zero attached hydrogens (tertiary/aromatic N) is 6. The number of piperidine rings is 1. The fourth-order valence-electron chi connectivity index (χ4n) is 4.08. The number of likely N-dealkylation sites (tertiary alicyclic amines) is 1. The van der Waals surface area contributed by atoms with E-state index in [1.165, 1.54) is 0 Å². The maximum atomic E-state index is 13.4. The fourth-order valence-corrected chi connectivity index (χ4v) is 4.08. The third-order valence-corrected chi connectivity index (χ3v) is 5.71. The zero-order chi connectivity index (χ0) is 21.3. The van der Waals surface area contributed by atoms with Gasteiger partial charge in [-0.25, -0.2) is 9.97 Å². The molecule has 0 radical (unpaired) electrons. The van der Waals surface area contributed by atoms with Crippen molar-refractivity contribution in [2.24, 2.45) is 0 Å². The molecule has 1 aliphatic heterocycles. The molecule has 1 saturated heterocycles. The second kappa shape index (κ2) is 8.34. The number of amides is 1. The van der Waals surface area contributed by atoms with E-state index >= 15 is 0 Å². The van der Waals surface area contributed by atoms with Crippen molar-refractivity contribution in [1.82, 2.24) is 29.6 Å². The van der Waals surface area contributed by atoms with Crippen LogP contribution in [0.3, 0.4) is 0 Å². The third-order valence-electron chi connectivity index (χ3n) is 5.71. The van der Waals surface area contributed by atoms with E-state index in [1.54, 1.807) is 12.4 Å². The van der Waals surface area contributed by atoms with Crippen molar-refractivity contribution >= 4 is 5.91 Å². The minimum Gasteiger partial charge on any atom is -0.330 e. The first-order valence-corrected chi connectivity index (χ1v) is 10.6. The Morgan fingerprint density at radius 3 is 2.70 bits per heavy atom. The van der Waals surface area contributed by atoms with Crippen molar-refractivity contribution in [3.05, 3.63) is 59.7 Å². The maximum Gasteiger partial charge on any atom is 0.257 e. The number of hydrogen-bond acceptors (Lipinski definition) is 5. The summed E-state index contributed by atoms with van der Waals surface area (Å²) < 4.78 is 1.83. The second-order valence-electron chi connectivity index (χ2n) is 8.22. The van der Waals surface area contributed by atoms with Crippen molar-refractivity contribution in [2.75, 3.05) is 6.54 Å². The number of aromatic nitrogens is 5. The highest BCUT2D eigenvalue weighted by Crippen LogP contribution is 2.37. The molecule has 1 atom stereocenters. The molecule has 3 aromatic rings. The molecule has 1 aliphatic rings. The van der Waals surface area contributed by atoms with Crippen LogP contribution < -0.4 is 0 Å². The van der Waals surface area contributed by atoms with Crippen LogP contribution in [-0.4, -0.2) is 42.1 Å². The summed E-state index contributed by atoms with van der Waals surface area (Å²) in [6, 6.07) is 2.13. The number of pyridine rings is 1. The third kappa shape index (κ3) is 3.84.